The van der Waals surface area contributed by atoms with Crippen LogP contribution in [0.3, 0.4) is 0 Å². The predicted octanol–water partition coefficient (Wildman–Crippen LogP) is 5.44. The van der Waals surface area contributed by atoms with Gasteiger partial charge in [-0.3, -0.25) is 10.1 Å². The highest BCUT2D eigenvalue weighted by molar-refractivity contribution is 7.98. The van der Waals surface area contributed by atoms with E-state index in [1.54, 1.807) is 11.8 Å². The van der Waals surface area contributed by atoms with Crippen molar-refractivity contribution in [2.75, 3.05) is 11.6 Å². The standard InChI is InChI=1S/C17H13ClN2OS2/c1-22-14-8-4-12(5-9-14)16(21)20-17-19-15(10-23-17)11-2-6-13(18)7-3-11/h2-10H,1H3,(H,19,20,21). The fourth-order valence-electron chi connectivity index (χ4n) is 2.00. The molecule has 1 aromatic heterocycles. The number of thiazole rings is 1. The summed E-state index contributed by atoms with van der Waals surface area (Å²) in [6, 6.07) is 14.9. The zero-order chi connectivity index (χ0) is 16.2. The fraction of sp³-hybridized carbons (Fsp3) is 0.0588. The molecule has 3 rings (SSSR count). The molecule has 0 saturated carbocycles. The molecule has 1 amide bonds. The minimum Gasteiger partial charge on any atom is -0.298 e. The van der Waals surface area contributed by atoms with Gasteiger partial charge >= 0.3 is 0 Å². The Kier molecular flexibility index (Phi) is 5.00. The number of nitrogens with one attached hydrogen (secondary N) is 1. The number of carbonyl (C=O) groups excluding carboxylic acids is 1. The molecule has 2 aromatic carbocycles. The molecule has 23 heavy (non-hydrogen) atoms. The molecule has 3 nitrogen and oxygen atoms in total. The largest absolute Gasteiger partial charge is 0.298 e. The van der Waals surface area contributed by atoms with Crippen molar-refractivity contribution in [1.29, 1.82) is 0 Å². The van der Waals surface area contributed by atoms with Crippen molar-refractivity contribution in [3.63, 3.8) is 0 Å². The molecule has 0 atom stereocenters. The van der Waals surface area contributed by atoms with Crippen molar-refractivity contribution in [3.8, 4) is 11.3 Å². The van der Waals surface area contributed by atoms with E-state index in [1.165, 1.54) is 11.3 Å². The van der Waals surface area contributed by atoms with Gasteiger partial charge in [0.25, 0.3) is 5.91 Å². The van der Waals surface area contributed by atoms with E-state index in [9.17, 15) is 4.79 Å². The Bertz CT molecular complexity index is 813. The quantitative estimate of drug-likeness (QED) is 0.630. The van der Waals surface area contributed by atoms with Crippen LogP contribution in [0.5, 0.6) is 0 Å². The number of nitrogens with zero attached hydrogens (tertiary/aromatic N) is 1. The van der Waals surface area contributed by atoms with Crippen LogP contribution >= 0.6 is 34.7 Å². The van der Waals surface area contributed by atoms with Crippen LogP contribution in [0.2, 0.25) is 5.02 Å². The maximum Gasteiger partial charge on any atom is 0.257 e. The van der Waals surface area contributed by atoms with Crippen LogP contribution in [0.1, 0.15) is 10.4 Å². The van der Waals surface area contributed by atoms with Crippen LogP contribution in [0, 0.1) is 0 Å². The summed E-state index contributed by atoms with van der Waals surface area (Å²) in [5.74, 6) is -0.158. The highest BCUT2D eigenvalue weighted by Crippen LogP contribution is 2.26. The summed E-state index contributed by atoms with van der Waals surface area (Å²) in [6.07, 6.45) is 2.00. The first kappa shape index (κ1) is 16.1. The number of rotatable bonds is 4. The van der Waals surface area contributed by atoms with Crippen molar-refractivity contribution in [3.05, 3.63) is 64.5 Å². The van der Waals surface area contributed by atoms with Crippen molar-refractivity contribution in [1.82, 2.24) is 4.98 Å². The average molecular weight is 361 g/mol. The van der Waals surface area contributed by atoms with Gasteiger partial charge < -0.3 is 0 Å². The molecule has 0 unspecified atom stereocenters. The van der Waals surface area contributed by atoms with Gasteiger partial charge in [-0.2, -0.15) is 0 Å². The molecule has 0 aliphatic heterocycles. The Labute approximate surface area is 147 Å². The van der Waals surface area contributed by atoms with Crippen LogP contribution < -0.4 is 5.32 Å². The Hall–Kier alpha value is -1.82. The van der Waals surface area contributed by atoms with Crippen LogP contribution in [-0.2, 0) is 0 Å². The molecule has 0 spiro atoms. The van der Waals surface area contributed by atoms with Gasteiger partial charge in [-0.15, -0.1) is 23.1 Å². The monoisotopic (exact) mass is 360 g/mol. The molecule has 0 saturated heterocycles. The maximum atomic E-state index is 12.2. The molecule has 0 fully saturated rings. The Morgan fingerprint density at radius 3 is 2.48 bits per heavy atom. The van der Waals surface area contributed by atoms with E-state index in [-0.39, 0.29) is 5.91 Å². The lowest BCUT2D eigenvalue weighted by atomic mass is 10.2. The summed E-state index contributed by atoms with van der Waals surface area (Å²) in [5.41, 5.74) is 2.40. The summed E-state index contributed by atoms with van der Waals surface area (Å²) in [6.45, 7) is 0. The number of aromatic nitrogens is 1. The first-order chi connectivity index (χ1) is 11.2. The topological polar surface area (TPSA) is 42.0 Å². The third-order valence-corrected chi connectivity index (χ3v) is 4.97. The minimum absolute atomic E-state index is 0.158. The van der Waals surface area contributed by atoms with E-state index < -0.39 is 0 Å². The van der Waals surface area contributed by atoms with Gasteiger partial charge in [0.15, 0.2) is 5.13 Å². The lowest BCUT2D eigenvalue weighted by Crippen LogP contribution is -2.11. The number of halogens is 1. The number of hydrogen-bond donors (Lipinski definition) is 1. The van der Waals surface area contributed by atoms with Gasteiger partial charge in [0.05, 0.1) is 5.69 Å². The predicted molar refractivity (Wildman–Crippen MR) is 98.7 cm³/mol. The van der Waals surface area contributed by atoms with Gasteiger partial charge in [-0.1, -0.05) is 23.7 Å². The average Bonchev–Trinajstić information content (AvgIpc) is 3.04. The van der Waals surface area contributed by atoms with Gasteiger partial charge in [0, 0.05) is 26.4 Å². The van der Waals surface area contributed by atoms with E-state index in [0.29, 0.717) is 15.7 Å². The number of benzene rings is 2. The van der Waals surface area contributed by atoms with Crippen molar-refractivity contribution >= 4 is 45.7 Å². The van der Waals surface area contributed by atoms with Crippen LogP contribution in [0.4, 0.5) is 5.13 Å². The molecule has 0 aliphatic carbocycles. The second-order valence-electron chi connectivity index (χ2n) is 4.73. The second-order valence-corrected chi connectivity index (χ2v) is 6.90. The third-order valence-electron chi connectivity index (χ3n) is 3.22. The minimum atomic E-state index is -0.158. The number of anilines is 1. The van der Waals surface area contributed by atoms with E-state index in [0.717, 1.165) is 16.2 Å². The van der Waals surface area contributed by atoms with E-state index >= 15 is 0 Å². The normalized spacial score (nSPS) is 10.5. The summed E-state index contributed by atoms with van der Waals surface area (Å²) in [4.78, 5) is 17.8. The first-order valence-electron chi connectivity index (χ1n) is 6.82. The summed E-state index contributed by atoms with van der Waals surface area (Å²) < 4.78 is 0. The van der Waals surface area contributed by atoms with Crippen LogP contribution in [-0.4, -0.2) is 17.1 Å². The van der Waals surface area contributed by atoms with Crippen molar-refractivity contribution < 1.29 is 4.79 Å². The van der Waals surface area contributed by atoms with Gasteiger partial charge in [0.2, 0.25) is 0 Å². The fourth-order valence-corrected chi connectivity index (χ4v) is 3.25. The molecular formula is C17H13ClN2OS2. The van der Waals surface area contributed by atoms with Crippen LogP contribution in [0.15, 0.2) is 58.8 Å². The summed E-state index contributed by atoms with van der Waals surface area (Å²) in [5, 5.41) is 6.01. The lowest BCUT2D eigenvalue weighted by molar-refractivity contribution is 0.102. The zero-order valence-electron chi connectivity index (χ0n) is 12.2. The molecule has 0 radical (unpaired) electrons. The molecule has 0 aliphatic rings. The van der Waals surface area contributed by atoms with Crippen molar-refractivity contribution in [2.45, 2.75) is 4.90 Å². The number of carbonyl (C=O) groups is 1. The molecule has 1 heterocycles. The highest BCUT2D eigenvalue weighted by atomic mass is 35.5. The van der Waals surface area contributed by atoms with E-state index in [1.807, 2.05) is 60.2 Å². The molecule has 3 aromatic rings. The number of hydrogen-bond acceptors (Lipinski definition) is 4. The van der Waals surface area contributed by atoms with E-state index in [2.05, 4.69) is 10.3 Å². The molecule has 0 bridgehead atoms. The third kappa shape index (κ3) is 3.93. The Morgan fingerprint density at radius 1 is 1.13 bits per heavy atom. The first-order valence-corrected chi connectivity index (χ1v) is 9.31. The van der Waals surface area contributed by atoms with Crippen molar-refractivity contribution in [2.24, 2.45) is 0 Å². The maximum absolute atomic E-state index is 12.2. The number of thioether (sulfide) groups is 1. The van der Waals surface area contributed by atoms with E-state index in [4.69, 9.17) is 11.6 Å². The Morgan fingerprint density at radius 2 is 1.83 bits per heavy atom. The van der Waals surface area contributed by atoms with Gasteiger partial charge in [0.1, 0.15) is 0 Å². The summed E-state index contributed by atoms with van der Waals surface area (Å²) >= 11 is 8.93. The molecule has 116 valence electrons. The lowest BCUT2D eigenvalue weighted by Gasteiger charge is -2.02. The van der Waals surface area contributed by atoms with Gasteiger partial charge in [-0.05, 0) is 42.7 Å². The number of amides is 1. The SMILES string of the molecule is CSc1ccc(C(=O)Nc2nc(-c3ccc(Cl)cc3)cs2)cc1. The highest BCUT2D eigenvalue weighted by Gasteiger charge is 2.10. The second kappa shape index (κ2) is 7.17. The van der Waals surface area contributed by atoms with Crippen LogP contribution in [0.25, 0.3) is 11.3 Å². The molecule has 6 heteroatoms. The zero-order valence-corrected chi connectivity index (χ0v) is 14.6. The summed E-state index contributed by atoms with van der Waals surface area (Å²) in [7, 11) is 0. The van der Waals surface area contributed by atoms with Gasteiger partial charge in [-0.25, -0.2) is 4.98 Å². The smallest absolute Gasteiger partial charge is 0.257 e. The molecule has 1 N–H and O–H groups in total. The Balaban J connectivity index is 1.73. The molecular weight excluding hydrogens is 348 g/mol.